The van der Waals surface area contributed by atoms with Gasteiger partial charge in [0, 0.05) is 0 Å². The van der Waals surface area contributed by atoms with Crippen molar-refractivity contribution in [2.75, 3.05) is 40.9 Å². The monoisotopic (exact) mass is 363 g/mol. The predicted octanol–water partition coefficient (Wildman–Crippen LogP) is -1.15. The van der Waals surface area contributed by atoms with Crippen LogP contribution in [-0.2, 0) is 9.47 Å². The van der Waals surface area contributed by atoms with E-state index in [1.54, 1.807) is 0 Å². The molecular formula is C14H22INO2. The number of hydrogen-bond donors (Lipinski definition) is 0. The number of rotatable bonds is 3. The molecule has 0 aromatic heterocycles. The summed E-state index contributed by atoms with van der Waals surface area (Å²) in [4.78, 5) is 0. The molecule has 1 fully saturated rings. The highest BCUT2D eigenvalue weighted by Gasteiger charge is 2.28. The number of halogens is 1. The summed E-state index contributed by atoms with van der Waals surface area (Å²) < 4.78 is 12.7. The van der Waals surface area contributed by atoms with Gasteiger partial charge in [-0.05, 0) is 5.56 Å². The molecular weight excluding hydrogens is 341 g/mol. The molecule has 2 atom stereocenters. The average molecular weight is 363 g/mol. The van der Waals surface area contributed by atoms with Crippen molar-refractivity contribution in [3.05, 3.63) is 35.9 Å². The van der Waals surface area contributed by atoms with Crippen LogP contribution in [0.5, 0.6) is 0 Å². The summed E-state index contributed by atoms with van der Waals surface area (Å²) in [5.41, 5.74) is 1.21. The van der Waals surface area contributed by atoms with Crippen molar-refractivity contribution in [2.24, 2.45) is 0 Å². The summed E-state index contributed by atoms with van der Waals surface area (Å²) in [6.45, 7) is 2.35. The molecule has 0 amide bonds. The van der Waals surface area contributed by atoms with Crippen LogP contribution in [0.2, 0.25) is 0 Å². The van der Waals surface area contributed by atoms with Gasteiger partial charge in [-0.25, -0.2) is 0 Å². The van der Waals surface area contributed by atoms with Crippen LogP contribution in [0.15, 0.2) is 30.3 Å². The molecule has 0 saturated carbocycles. The Hall–Kier alpha value is -0.170. The molecule has 102 valence electrons. The predicted molar refractivity (Wildman–Crippen MR) is 67.8 cm³/mol. The molecule has 0 bridgehead atoms. The highest BCUT2D eigenvalue weighted by Crippen LogP contribution is 2.24. The maximum atomic E-state index is 6.11. The van der Waals surface area contributed by atoms with Gasteiger partial charge in [0.2, 0.25) is 0 Å². The van der Waals surface area contributed by atoms with Crippen LogP contribution in [-0.4, -0.2) is 51.5 Å². The maximum absolute atomic E-state index is 6.11. The molecule has 3 nitrogen and oxygen atoms in total. The van der Waals surface area contributed by atoms with Gasteiger partial charge in [0.25, 0.3) is 0 Å². The van der Waals surface area contributed by atoms with Gasteiger partial charge in [-0.1, -0.05) is 30.3 Å². The largest absolute Gasteiger partial charge is 1.00 e. The third kappa shape index (κ3) is 4.84. The molecule has 1 heterocycles. The van der Waals surface area contributed by atoms with E-state index in [1.807, 2.05) is 18.2 Å². The molecule has 18 heavy (non-hydrogen) atoms. The van der Waals surface area contributed by atoms with E-state index in [0.29, 0.717) is 13.2 Å². The first-order valence-electron chi connectivity index (χ1n) is 6.13. The highest BCUT2D eigenvalue weighted by atomic mass is 127. The zero-order valence-electron chi connectivity index (χ0n) is 11.3. The van der Waals surface area contributed by atoms with Crippen molar-refractivity contribution in [2.45, 2.75) is 12.2 Å². The number of quaternary nitrogens is 1. The van der Waals surface area contributed by atoms with E-state index in [0.717, 1.165) is 11.0 Å². The van der Waals surface area contributed by atoms with Gasteiger partial charge in [-0.2, -0.15) is 0 Å². The molecule has 1 aromatic rings. The molecule has 4 heteroatoms. The Morgan fingerprint density at radius 3 is 2.39 bits per heavy atom. The van der Waals surface area contributed by atoms with Crippen molar-refractivity contribution >= 4 is 0 Å². The Balaban J connectivity index is 0.00000162. The van der Waals surface area contributed by atoms with Gasteiger partial charge in [-0.3, -0.25) is 0 Å². The molecule has 0 spiro atoms. The number of benzene rings is 1. The minimum atomic E-state index is 0. The Labute approximate surface area is 127 Å². The summed E-state index contributed by atoms with van der Waals surface area (Å²) in [6, 6.07) is 10.3. The zero-order valence-corrected chi connectivity index (χ0v) is 13.5. The second kappa shape index (κ2) is 6.84. The molecule has 0 aliphatic carbocycles. The first-order chi connectivity index (χ1) is 8.04. The lowest BCUT2D eigenvalue weighted by molar-refractivity contribution is -0.874. The van der Waals surface area contributed by atoms with Crippen LogP contribution < -0.4 is 24.0 Å². The summed E-state index contributed by atoms with van der Waals surface area (Å²) in [5, 5.41) is 0. The molecule has 0 unspecified atom stereocenters. The SMILES string of the molecule is C[N+](C)(C)C[C@@H]1COC[C@H](c2ccccc2)O1.[I-]. The van der Waals surface area contributed by atoms with Crippen LogP contribution in [0, 0.1) is 0 Å². The second-order valence-corrected chi connectivity index (χ2v) is 5.67. The minimum Gasteiger partial charge on any atom is -1.00 e. The van der Waals surface area contributed by atoms with E-state index in [9.17, 15) is 0 Å². The quantitative estimate of drug-likeness (QED) is 0.499. The van der Waals surface area contributed by atoms with Crippen molar-refractivity contribution in [3.63, 3.8) is 0 Å². The number of nitrogens with zero attached hydrogens (tertiary/aromatic N) is 1. The van der Waals surface area contributed by atoms with Gasteiger partial charge in [-0.15, -0.1) is 0 Å². The summed E-state index contributed by atoms with van der Waals surface area (Å²) in [5.74, 6) is 0. The van der Waals surface area contributed by atoms with Crippen molar-refractivity contribution in [3.8, 4) is 0 Å². The number of likely N-dealkylation sites (N-methyl/N-ethyl adjacent to an activating group) is 1. The summed E-state index contributed by atoms with van der Waals surface area (Å²) >= 11 is 0. The lowest BCUT2D eigenvalue weighted by atomic mass is 10.1. The van der Waals surface area contributed by atoms with Crippen LogP contribution >= 0.6 is 0 Å². The van der Waals surface area contributed by atoms with E-state index < -0.39 is 0 Å². The summed E-state index contributed by atoms with van der Waals surface area (Å²) in [7, 11) is 6.53. The molecule has 1 saturated heterocycles. The van der Waals surface area contributed by atoms with Gasteiger partial charge >= 0.3 is 0 Å². The van der Waals surface area contributed by atoms with Crippen molar-refractivity contribution in [1.29, 1.82) is 0 Å². The van der Waals surface area contributed by atoms with Gasteiger partial charge < -0.3 is 37.9 Å². The average Bonchev–Trinajstić information content (AvgIpc) is 2.28. The topological polar surface area (TPSA) is 18.5 Å². The van der Waals surface area contributed by atoms with E-state index >= 15 is 0 Å². The smallest absolute Gasteiger partial charge is 0.130 e. The molecule has 1 aliphatic heterocycles. The van der Waals surface area contributed by atoms with E-state index in [4.69, 9.17) is 9.47 Å². The van der Waals surface area contributed by atoms with Gasteiger partial charge in [0.15, 0.2) is 0 Å². The lowest BCUT2D eigenvalue weighted by Gasteiger charge is -2.34. The summed E-state index contributed by atoms with van der Waals surface area (Å²) in [6.07, 6.45) is 0.274. The van der Waals surface area contributed by atoms with Gasteiger partial charge in [0.1, 0.15) is 18.8 Å². The normalized spacial score (nSPS) is 24.4. The van der Waals surface area contributed by atoms with Crippen LogP contribution in [0.25, 0.3) is 0 Å². The maximum Gasteiger partial charge on any atom is 0.130 e. The molecule has 0 radical (unpaired) electrons. The Kier molecular flexibility index (Phi) is 6.04. The Morgan fingerprint density at radius 2 is 1.78 bits per heavy atom. The number of hydrogen-bond acceptors (Lipinski definition) is 2. The standard InChI is InChI=1S/C14H22NO2.HI/c1-15(2,3)9-13-10-16-11-14(17-13)12-7-5-4-6-8-12;/h4-8,13-14H,9-11H2,1-3H3;1H/q+1;/p-1/t13-,14-;/m1./s1. The molecule has 0 N–H and O–H groups in total. The Morgan fingerprint density at radius 1 is 1.11 bits per heavy atom. The fraction of sp³-hybridized carbons (Fsp3) is 0.571. The van der Waals surface area contributed by atoms with E-state index in [1.165, 1.54) is 5.56 Å². The molecule has 2 rings (SSSR count). The van der Waals surface area contributed by atoms with Crippen molar-refractivity contribution < 1.29 is 37.9 Å². The van der Waals surface area contributed by atoms with Gasteiger partial charge in [0.05, 0.1) is 34.4 Å². The molecule has 1 aromatic carbocycles. The van der Waals surface area contributed by atoms with E-state index in [2.05, 4.69) is 33.3 Å². The van der Waals surface area contributed by atoms with Crippen LogP contribution in [0.3, 0.4) is 0 Å². The van der Waals surface area contributed by atoms with Crippen LogP contribution in [0.1, 0.15) is 11.7 Å². The molecule has 1 aliphatic rings. The minimum absolute atomic E-state index is 0. The highest BCUT2D eigenvalue weighted by molar-refractivity contribution is 5.17. The first-order valence-corrected chi connectivity index (χ1v) is 6.13. The fourth-order valence-corrected chi connectivity index (χ4v) is 2.17. The third-order valence-electron chi connectivity index (χ3n) is 2.85. The second-order valence-electron chi connectivity index (χ2n) is 5.67. The lowest BCUT2D eigenvalue weighted by Crippen LogP contribution is -3.00. The Bertz CT molecular complexity index is 351. The zero-order chi connectivity index (χ0) is 12.3. The fourth-order valence-electron chi connectivity index (χ4n) is 2.17. The number of ether oxygens (including phenoxy) is 2. The van der Waals surface area contributed by atoms with Crippen molar-refractivity contribution in [1.82, 2.24) is 0 Å². The van der Waals surface area contributed by atoms with Crippen LogP contribution in [0.4, 0.5) is 0 Å². The third-order valence-corrected chi connectivity index (χ3v) is 2.85. The van der Waals surface area contributed by atoms with E-state index in [-0.39, 0.29) is 36.2 Å². The first kappa shape index (κ1) is 15.9.